The fourth-order valence-corrected chi connectivity index (χ4v) is 8.40. The van der Waals surface area contributed by atoms with Crippen LogP contribution in [0.15, 0.2) is 199 Å². The predicted octanol–water partition coefficient (Wildman–Crippen LogP) is 14.5. The molecule has 1 aliphatic carbocycles. The van der Waals surface area contributed by atoms with E-state index < -0.39 is 0 Å². The Morgan fingerprint density at radius 3 is 1.67 bits per heavy atom. The number of anilines is 6. The molecule has 0 spiro atoms. The number of para-hydroxylation sites is 3. The second kappa shape index (κ2) is 12.7. The topological polar surface area (TPSA) is 19.6 Å². The van der Waals surface area contributed by atoms with Crippen LogP contribution in [0.1, 0.15) is 25.0 Å². The summed E-state index contributed by atoms with van der Waals surface area (Å²) in [4.78, 5) is 4.80. The number of benzene rings is 8. The molecular formula is C51H38N2O. The normalized spacial score (nSPS) is 12.8. The minimum atomic E-state index is -0.235. The van der Waals surface area contributed by atoms with E-state index in [2.05, 4.69) is 206 Å². The van der Waals surface area contributed by atoms with Crippen molar-refractivity contribution in [3.63, 3.8) is 0 Å². The van der Waals surface area contributed by atoms with E-state index in [1.807, 2.05) is 12.1 Å². The number of nitrogens with zero attached hydrogens (tertiary/aromatic N) is 2. The lowest BCUT2D eigenvalue weighted by Crippen LogP contribution is -2.18. The minimum absolute atomic E-state index is 0.235. The number of hydrogen-bond donors (Lipinski definition) is 0. The molecule has 8 aromatic carbocycles. The maximum Gasteiger partial charge on any atom is 0.137 e. The van der Waals surface area contributed by atoms with E-state index in [-0.39, 0.29) is 5.41 Å². The molecule has 0 saturated carbocycles. The van der Waals surface area contributed by atoms with Crippen LogP contribution >= 0.6 is 0 Å². The highest BCUT2D eigenvalue weighted by Gasteiger charge is 2.39. The molecule has 3 nitrogen and oxygen atoms in total. The molecular weight excluding hydrogens is 657 g/mol. The number of hydrogen-bond acceptors (Lipinski definition) is 3. The van der Waals surface area contributed by atoms with Crippen molar-refractivity contribution in [2.24, 2.45) is 0 Å². The minimum Gasteiger partial charge on any atom is -0.456 e. The molecule has 0 amide bonds. The van der Waals surface area contributed by atoms with Crippen molar-refractivity contribution in [1.29, 1.82) is 0 Å². The van der Waals surface area contributed by atoms with Gasteiger partial charge in [0.1, 0.15) is 11.2 Å². The number of furan rings is 1. The molecule has 10 rings (SSSR count). The standard InChI is InChI=1S/C51H38N2O/c1-51(2)45-24-14-12-23-44(45)50-46(51)32-41(52(37-18-8-4-9-19-37)38-20-10-5-11-21-38)33-47(50)53(39-28-26-36(27-29-39)35-16-6-3-7-17-35)40-30-31-43-42-22-13-15-25-48(42)54-49(43)34-40/h3-34H,1-2H3. The van der Waals surface area contributed by atoms with Crippen molar-refractivity contribution >= 4 is 56.1 Å². The fourth-order valence-electron chi connectivity index (χ4n) is 8.40. The van der Waals surface area contributed by atoms with E-state index >= 15 is 0 Å². The van der Waals surface area contributed by atoms with Gasteiger partial charge in [0.2, 0.25) is 0 Å². The molecule has 0 atom stereocenters. The molecule has 0 radical (unpaired) electrons. The van der Waals surface area contributed by atoms with Gasteiger partial charge in [-0.2, -0.15) is 0 Å². The first-order valence-electron chi connectivity index (χ1n) is 18.6. The van der Waals surface area contributed by atoms with Crippen LogP contribution in [-0.2, 0) is 5.41 Å². The lowest BCUT2D eigenvalue weighted by atomic mass is 9.82. The van der Waals surface area contributed by atoms with Gasteiger partial charge in [0.25, 0.3) is 0 Å². The van der Waals surface area contributed by atoms with E-state index in [9.17, 15) is 0 Å². The van der Waals surface area contributed by atoms with E-state index in [1.165, 1.54) is 33.4 Å². The van der Waals surface area contributed by atoms with Crippen molar-refractivity contribution in [2.45, 2.75) is 19.3 Å². The Balaban J connectivity index is 1.27. The van der Waals surface area contributed by atoms with E-state index in [0.29, 0.717) is 0 Å². The summed E-state index contributed by atoms with van der Waals surface area (Å²) in [6, 6.07) is 69.6. The summed E-state index contributed by atoms with van der Waals surface area (Å²) in [6.07, 6.45) is 0. The quantitative estimate of drug-likeness (QED) is 0.166. The third kappa shape index (κ3) is 5.20. The first-order valence-corrected chi connectivity index (χ1v) is 18.6. The lowest BCUT2D eigenvalue weighted by molar-refractivity contribution is 0.660. The second-order valence-corrected chi connectivity index (χ2v) is 14.6. The Labute approximate surface area is 316 Å². The highest BCUT2D eigenvalue weighted by molar-refractivity contribution is 6.07. The highest BCUT2D eigenvalue weighted by Crippen LogP contribution is 2.56. The van der Waals surface area contributed by atoms with E-state index in [1.54, 1.807) is 0 Å². The largest absolute Gasteiger partial charge is 0.456 e. The molecule has 1 aromatic heterocycles. The molecule has 1 aliphatic rings. The fraction of sp³-hybridized carbons (Fsp3) is 0.0588. The summed E-state index contributed by atoms with van der Waals surface area (Å²) < 4.78 is 6.52. The first-order chi connectivity index (χ1) is 26.5. The van der Waals surface area contributed by atoms with Crippen LogP contribution in [0.5, 0.6) is 0 Å². The van der Waals surface area contributed by atoms with Gasteiger partial charge in [0, 0.05) is 56.3 Å². The third-order valence-corrected chi connectivity index (χ3v) is 11.0. The molecule has 0 unspecified atom stereocenters. The Kier molecular flexibility index (Phi) is 7.48. The zero-order valence-electron chi connectivity index (χ0n) is 30.3. The van der Waals surface area contributed by atoms with Gasteiger partial charge in [-0.25, -0.2) is 0 Å². The van der Waals surface area contributed by atoms with Crippen LogP contribution in [-0.4, -0.2) is 0 Å². The van der Waals surface area contributed by atoms with Crippen LogP contribution in [0.3, 0.4) is 0 Å². The zero-order valence-corrected chi connectivity index (χ0v) is 30.3. The van der Waals surface area contributed by atoms with E-state index in [0.717, 1.165) is 56.1 Å². The number of rotatable bonds is 7. The lowest BCUT2D eigenvalue weighted by Gasteiger charge is -2.32. The van der Waals surface area contributed by atoms with Crippen molar-refractivity contribution in [1.82, 2.24) is 0 Å². The smallest absolute Gasteiger partial charge is 0.137 e. The summed E-state index contributed by atoms with van der Waals surface area (Å²) in [5.41, 5.74) is 15.5. The summed E-state index contributed by atoms with van der Waals surface area (Å²) in [6.45, 7) is 4.72. The SMILES string of the molecule is CC1(C)c2ccccc2-c2c(N(c3ccc(-c4ccccc4)cc3)c3ccc4c(c3)oc3ccccc34)cc(N(c3ccccc3)c3ccccc3)cc21. The van der Waals surface area contributed by atoms with E-state index in [4.69, 9.17) is 4.42 Å². The summed E-state index contributed by atoms with van der Waals surface area (Å²) in [5, 5.41) is 2.23. The Morgan fingerprint density at radius 1 is 0.389 bits per heavy atom. The van der Waals surface area contributed by atoms with Gasteiger partial charge in [-0.3, -0.25) is 0 Å². The van der Waals surface area contributed by atoms with Gasteiger partial charge in [0.05, 0.1) is 5.69 Å². The van der Waals surface area contributed by atoms with Crippen molar-refractivity contribution < 1.29 is 4.42 Å². The molecule has 0 aliphatic heterocycles. The molecule has 0 bridgehead atoms. The monoisotopic (exact) mass is 694 g/mol. The Hall–Kier alpha value is -6.84. The molecule has 9 aromatic rings. The number of fused-ring (bicyclic) bond motifs is 6. The van der Waals surface area contributed by atoms with Crippen molar-refractivity contribution in [3.05, 3.63) is 205 Å². The first kappa shape index (κ1) is 31.9. The van der Waals surface area contributed by atoms with Crippen LogP contribution in [0.2, 0.25) is 0 Å². The van der Waals surface area contributed by atoms with Gasteiger partial charge in [-0.05, 0) is 94.5 Å². The molecule has 3 heteroatoms. The average Bonchev–Trinajstić information content (AvgIpc) is 3.71. The van der Waals surface area contributed by atoms with Crippen molar-refractivity contribution in [3.8, 4) is 22.3 Å². The Bertz CT molecular complexity index is 2750. The summed E-state index contributed by atoms with van der Waals surface area (Å²) in [5.74, 6) is 0. The van der Waals surface area contributed by atoms with Crippen LogP contribution in [0, 0.1) is 0 Å². The van der Waals surface area contributed by atoms with Crippen LogP contribution in [0.25, 0.3) is 44.2 Å². The maximum absolute atomic E-state index is 6.52. The molecule has 0 N–H and O–H groups in total. The van der Waals surface area contributed by atoms with Crippen LogP contribution in [0.4, 0.5) is 34.1 Å². The molecule has 0 saturated heterocycles. The van der Waals surface area contributed by atoms with Gasteiger partial charge >= 0.3 is 0 Å². The zero-order chi connectivity index (χ0) is 36.2. The second-order valence-electron chi connectivity index (χ2n) is 14.6. The van der Waals surface area contributed by atoms with Gasteiger partial charge in [0.15, 0.2) is 0 Å². The average molecular weight is 695 g/mol. The highest BCUT2D eigenvalue weighted by atomic mass is 16.3. The van der Waals surface area contributed by atoms with Gasteiger partial charge in [-0.1, -0.05) is 135 Å². The van der Waals surface area contributed by atoms with Crippen molar-refractivity contribution in [2.75, 3.05) is 9.80 Å². The molecule has 258 valence electrons. The van der Waals surface area contributed by atoms with Crippen LogP contribution < -0.4 is 9.80 Å². The van der Waals surface area contributed by atoms with Gasteiger partial charge in [-0.15, -0.1) is 0 Å². The molecule has 0 fully saturated rings. The Morgan fingerprint density at radius 2 is 0.944 bits per heavy atom. The van der Waals surface area contributed by atoms with Gasteiger partial charge < -0.3 is 14.2 Å². The summed E-state index contributed by atoms with van der Waals surface area (Å²) >= 11 is 0. The third-order valence-electron chi connectivity index (χ3n) is 11.0. The summed E-state index contributed by atoms with van der Waals surface area (Å²) in [7, 11) is 0. The predicted molar refractivity (Wildman–Crippen MR) is 226 cm³/mol. The molecule has 54 heavy (non-hydrogen) atoms. The maximum atomic E-state index is 6.52. The molecule has 1 heterocycles.